The summed E-state index contributed by atoms with van der Waals surface area (Å²) in [4.78, 5) is 12.1. The lowest BCUT2D eigenvalue weighted by molar-refractivity contribution is -0.121. The molecular formula is C17H20N2O2. The zero-order valence-electron chi connectivity index (χ0n) is 12.0. The van der Waals surface area contributed by atoms with Crippen molar-refractivity contribution in [1.29, 1.82) is 0 Å². The molecule has 0 radical (unpaired) electrons. The van der Waals surface area contributed by atoms with E-state index in [1.807, 2.05) is 61.5 Å². The van der Waals surface area contributed by atoms with Gasteiger partial charge in [0.25, 0.3) is 0 Å². The first-order chi connectivity index (χ1) is 10.2. The molecule has 0 spiro atoms. The van der Waals surface area contributed by atoms with Crippen LogP contribution in [-0.2, 0) is 17.9 Å². The van der Waals surface area contributed by atoms with Crippen LogP contribution >= 0.6 is 0 Å². The van der Waals surface area contributed by atoms with Crippen molar-refractivity contribution < 1.29 is 9.90 Å². The highest BCUT2D eigenvalue weighted by Crippen LogP contribution is 2.12. The van der Waals surface area contributed by atoms with Crippen LogP contribution < -0.4 is 10.6 Å². The number of benzene rings is 2. The largest absolute Gasteiger partial charge is 0.392 e. The maximum atomic E-state index is 12.1. The van der Waals surface area contributed by atoms with Gasteiger partial charge in [0, 0.05) is 12.2 Å². The summed E-state index contributed by atoms with van der Waals surface area (Å²) in [5, 5.41) is 15.1. The van der Waals surface area contributed by atoms with Crippen molar-refractivity contribution in [3.63, 3.8) is 0 Å². The number of hydrogen-bond acceptors (Lipinski definition) is 3. The Bertz CT molecular complexity index is 584. The monoisotopic (exact) mass is 284 g/mol. The molecule has 0 saturated carbocycles. The Balaban J connectivity index is 1.87. The average molecular weight is 284 g/mol. The van der Waals surface area contributed by atoms with Crippen LogP contribution in [0.15, 0.2) is 54.6 Å². The van der Waals surface area contributed by atoms with Gasteiger partial charge < -0.3 is 15.7 Å². The number of aliphatic hydroxyl groups is 1. The molecular weight excluding hydrogens is 264 g/mol. The number of nitrogens with one attached hydrogen (secondary N) is 2. The van der Waals surface area contributed by atoms with Crippen molar-refractivity contribution in [3.05, 3.63) is 65.7 Å². The van der Waals surface area contributed by atoms with Crippen molar-refractivity contribution in [3.8, 4) is 0 Å². The highest BCUT2D eigenvalue weighted by molar-refractivity contribution is 5.84. The average Bonchev–Trinajstić information content (AvgIpc) is 2.53. The van der Waals surface area contributed by atoms with Crippen LogP contribution in [0.25, 0.3) is 0 Å². The lowest BCUT2D eigenvalue weighted by Gasteiger charge is -2.16. The van der Waals surface area contributed by atoms with Crippen LogP contribution in [0.3, 0.4) is 0 Å². The Morgan fingerprint density at radius 3 is 2.52 bits per heavy atom. The molecule has 2 rings (SSSR count). The SMILES string of the molecule is CC(Nc1cccc(CO)c1)C(=O)NCc1ccccc1. The zero-order valence-corrected chi connectivity index (χ0v) is 12.0. The van der Waals surface area contributed by atoms with Crippen LogP contribution in [0.5, 0.6) is 0 Å². The fraction of sp³-hybridized carbons (Fsp3) is 0.235. The summed E-state index contributed by atoms with van der Waals surface area (Å²) in [6, 6.07) is 16.8. The van der Waals surface area contributed by atoms with Gasteiger partial charge >= 0.3 is 0 Å². The fourth-order valence-corrected chi connectivity index (χ4v) is 2.01. The molecule has 0 bridgehead atoms. The fourth-order valence-electron chi connectivity index (χ4n) is 2.01. The molecule has 1 unspecified atom stereocenters. The van der Waals surface area contributed by atoms with Crippen LogP contribution in [0.1, 0.15) is 18.1 Å². The van der Waals surface area contributed by atoms with E-state index in [2.05, 4.69) is 10.6 Å². The Hall–Kier alpha value is -2.33. The molecule has 0 aliphatic rings. The summed E-state index contributed by atoms with van der Waals surface area (Å²) in [7, 11) is 0. The minimum atomic E-state index is -0.345. The molecule has 4 nitrogen and oxygen atoms in total. The number of carbonyl (C=O) groups excluding carboxylic acids is 1. The molecule has 2 aromatic rings. The van der Waals surface area contributed by atoms with E-state index >= 15 is 0 Å². The summed E-state index contributed by atoms with van der Waals surface area (Å²) in [6.45, 7) is 2.32. The summed E-state index contributed by atoms with van der Waals surface area (Å²) < 4.78 is 0. The second-order valence-electron chi connectivity index (χ2n) is 4.93. The summed E-state index contributed by atoms with van der Waals surface area (Å²) in [5.74, 6) is -0.0618. The van der Waals surface area contributed by atoms with Gasteiger partial charge in [-0.2, -0.15) is 0 Å². The lowest BCUT2D eigenvalue weighted by atomic mass is 10.2. The van der Waals surface area contributed by atoms with Crippen LogP contribution in [0.4, 0.5) is 5.69 Å². The molecule has 0 aromatic heterocycles. The Kier molecular flexibility index (Phi) is 5.35. The molecule has 0 heterocycles. The Morgan fingerprint density at radius 2 is 1.81 bits per heavy atom. The van der Waals surface area contributed by atoms with Gasteiger partial charge in [-0.05, 0) is 30.2 Å². The van der Waals surface area contributed by atoms with E-state index in [4.69, 9.17) is 5.11 Å². The summed E-state index contributed by atoms with van der Waals surface area (Å²) in [5.41, 5.74) is 2.71. The molecule has 4 heteroatoms. The molecule has 0 fully saturated rings. The molecule has 3 N–H and O–H groups in total. The van der Waals surface area contributed by atoms with E-state index in [1.54, 1.807) is 0 Å². The Labute approximate surface area is 124 Å². The highest BCUT2D eigenvalue weighted by atomic mass is 16.3. The van der Waals surface area contributed by atoms with E-state index in [9.17, 15) is 4.79 Å². The third kappa shape index (κ3) is 4.61. The van der Waals surface area contributed by atoms with E-state index in [-0.39, 0.29) is 18.6 Å². The van der Waals surface area contributed by atoms with Gasteiger partial charge in [0.05, 0.1) is 6.61 Å². The van der Waals surface area contributed by atoms with Crippen molar-refractivity contribution in [2.45, 2.75) is 26.1 Å². The smallest absolute Gasteiger partial charge is 0.242 e. The van der Waals surface area contributed by atoms with E-state index in [1.165, 1.54) is 0 Å². The molecule has 0 saturated heterocycles. The normalized spacial score (nSPS) is 11.7. The second-order valence-corrected chi connectivity index (χ2v) is 4.93. The molecule has 1 amide bonds. The third-order valence-corrected chi connectivity index (χ3v) is 3.20. The molecule has 110 valence electrons. The minimum absolute atomic E-state index is 0.00982. The molecule has 0 aliphatic heterocycles. The standard InChI is InChI=1S/C17H20N2O2/c1-13(19-16-9-5-8-15(10-16)12-20)17(21)18-11-14-6-3-2-4-7-14/h2-10,13,19-20H,11-12H2,1H3,(H,18,21). The number of rotatable bonds is 6. The van der Waals surface area contributed by atoms with E-state index in [0.29, 0.717) is 6.54 Å². The number of carbonyl (C=O) groups is 1. The van der Waals surface area contributed by atoms with Crippen molar-refractivity contribution in [1.82, 2.24) is 5.32 Å². The maximum Gasteiger partial charge on any atom is 0.242 e. The molecule has 1 atom stereocenters. The van der Waals surface area contributed by atoms with Crippen molar-refractivity contribution >= 4 is 11.6 Å². The number of hydrogen-bond donors (Lipinski definition) is 3. The third-order valence-electron chi connectivity index (χ3n) is 3.20. The summed E-state index contributed by atoms with van der Waals surface area (Å²) in [6.07, 6.45) is 0. The van der Waals surface area contributed by atoms with Gasteiger partial charge in [-0.1, -0.05) is 42.5 Å². The van der Waals surface area contributed by atoms with Gasteiger partial charge in [0.15, 0.2) is 0 Å². The van der Waals surface area contributed by atoms with Gasteiger partial charge in [0.2, 0.25) is 5.91 Å². The number of anilines is 1. The van der Waals surface area contributed by atoms with Gasteiger partial charge in [-0.3, -0.25) is 4.79 Å². The second kappa shape index (κ2) is 7.45. The first-order valence-corrected chi connectivity index (χ1v) is 6.97. The van der Waals surface area contributed by atoms with Gasteiger partial charge in [-0.25, -0.2) is 0 Å². The Morgan fingerprint density at radius 1 is 1.10 bits per heavy atom. The van der Waals surface area contributed by atoms with Crippen LogP contribution in [0, 0.1) is 0 Å². The predicted octanol–water partition coefficient (Wildman–Crippen LogP) is 2.30. The first kappa shape index (κ1) is 15.1. The zero-order chi connectivity index (χ0) is 15.1. The maximum absolute atomic E-state index is 12.1. The quantitative estimate of drug-likeness (QED) is 0.762. The topological polar surface area (TPSA) is 61.4 Å². The van der Waals surface area contributed by atoms with E-state index < -0.39 is 0 Å². The van der Waals surface area contributed by atoms with Crippen molar-refractivity contribution in [2.24, 2.45) is 0 Å². The molecule has 0 aliphatic carbocycles. The van der Waals surface area contributed by atoms with Crippen molar-refractivity contribution in [2.75, 3.05) is 5.32 Å². The number of aliphatic hydroxyl groups excluding tert-OH is 1. The van der Waals surface area contributed by atoms with Crippen LogP contribution in [0.2, 0.25) is 0 Å². The van der Waals surface area contributed by atoms with E-state index in [0.717, 1.165) is 16.8 Å². The lowest BCUT2D eigenvalue weighted by Crippen LogP contribution is -2.37. The van der Waals surface area contributed by atoms with Gasteiger partial charge in [0.1, 0.15) is 6.04 Å². The minimum Gasteiger partial charge on any atom is -0.392 e. The van der Waals surface area contributed by atoms with Gasteiger partial charge in [-0.15, -0.1) is 0 Å². The predicted molar refractivity (Wildman–Crippen MR) is 83.7 cm³/mol. The van der Waals surface area contributed by atoms with Crippen LogP contribution in [-0.4, -0.2) is 17.1 Å². The number of amides is 1. The first-order valence-electron chi connectivity index (χ1n) is 6.97. The molecule has 2 aromatic carbocycles. The summed E-state index contributed by atoms with van der Waals surface area (Å²) >= 11 is 0. The molecule has 21 heavy (non-hydrogen) atoms. The highest BCUT2D eigenvalue weighted by Gasteiger charge is 2.12.